The van der Waals surface area contributed by atoms with E-state index < -0.39 is 5.72 Å². The van der Waals surface area contributed by atoms with Gasteiger partial charge in [0.2, 0.25) is 0 Å². The first-order chi connectivity index (χ1) is 9.23. The third-order valence-corrected chi connectivity index (χ3v) is 3.94. The third-order valence-electron chi connectivity index (χ3n) is 3.94. The van der Waals surface area contributed by atoms with E-state index in [4.69, 9.17) is 10.1 Å². The van der Waals surface area contributed by atoms with Gasteiger partial charge in [0, 0.05) is 18.2 Å². The molecule has 0 spiro atoms. The molecule has 1 unspecified atom stereocenters. The Labute approximate surface area is 115 Å². The van der Waals surface area contributed by atoms with Gasteiger partial charge in [0.15, 0.2) is 5.72 Å². The van der Waals surface area contributed by atoms with E-state index in [2.05, 4.69) is 18.3 Å². The Bertz CT molecular complexity index is 444. The van der Waals surface area contributed by atoms with Crippen LogP contribution < -0.4 is 5.32 Å². The molecule has 0 bridgehead atoms. The van der Waals surface area contributed by atoms with Gasteiger partial charge in [-0.2, -0.15) is 0 Å². The zero-order valence-electron chi connectivity index (χ0n) is 12.0. The molecule has 0 fully saturated rings. The van der Waals surface area contributed by atoms with Crippen LogP contribution in [0.15, 0.2) is 24.3 Å². The lowest BCUT2D eigenvalue weighted by Crippen LogP contribution is -2.41. The van der Waals surface area contributed by atoms with Crippen molar-refractivity contribution in [2.45, 2.75) is 51.2 Å². The number of rotatable bonds is 7. The van der Waals surface area contributed by atoms with E-state index in [0.717, 1.165) is 24.0 Å². The van der Waals surface area contributed by atoms with Crippen molar-refractivity contribution in [2.24, 2.45) is 0 Å². The normalized spacial score (nSPS) is 21.3. The maximum Gasteiger partial charge on any atom is 0.166 e. The first kappa shape index (κ1) is 14.1. The maximum absolute atomic E-state index is 8.04. The van der Waals surface area contributed by atoms with Gasteiger partial charge in [-0.25, -0.2) is 0 Å². The summed E-state index contributed by atoms with van der Waals surface area (Å²) >= 11 is 0. The maximum atomic E-state index is 8.04. The quantitative estimate of drug-likeness (QED) is 0.733. The van der Waals surface area contributed by atoms with Crippen LogP contribution in [0.1, 0.15) is 56.6 Å². The molecule has 2 N–H and O–H groups in total. The fraction of sp³-hybridized carbons (Fsp3) is 0.562. The summed E-state index contributed by atoms with van der Waals surface area (Å²) in [6.07, 6.45) is 7.14. The zero-order valence-corrected chi connectivity index (χ0v) is 12.0. The van der Waals surface area contributed by atoms with Crippen LogP contribution in [0.4, 0.5) is 0 Å². The van der Waals surface area contributed by atoms with Crippen molar-refractivity contribution in [1.29, 1.82) is 5.41 Å². The summed E-state index contributed by atoms with van der Waals surface area (Å²) in [4.78, 5) is 0. The highest BCUT2D eigenvalue weighted by Gasteiger charge is 2.40. The molecule has 1 heterocycles. The van der Waals surface area contributed by atoms with Gasteiger partial charge in [-0.15, -0.1) is 0 Å². The summed E-state index contributed by atoms with van der Waals surface area (Å²) in [6, 6.07) is 8.05. The van der Waals surface area contributed by atoms with E-state index in [0.29, 0.717) is 5.84 Å². The van der Waals surface area contributed by atoms with Gasteiger partial charge < -0.3 is 10.1 Å². The molecule has 19 heavy (non-hydrogen) atoms. The van der Waals surface area contributed by atoms with Crippen molar-refractivity contribution in [1.82, 2.24) is 5.32 Å². The van der Waals surface area contributed by atoms with Crippen molar-refractivity contribution in [3.05, 3.63) is 35.4 Å². The Balaban J connectivity index is 2.05. The number of hydrogen-bond acceptors (Lipinski definition) is 2. The van der Waals surface area contributed by atoms with E-state index in [1.54, 1.807) is 7.11 Å². The number of benzene rings is 1. The van der Waals surface area contributed by atoms with Crippen LogP contribution in [0.3, 0.4) is 0 Å². The molecule has 1 aromatic carbocycles. The molecule has 0 amide bonds. The van der Waals surface area contributed by atoms with E-state index in [1.165, 1.54) is 25.7 Å². The minimum Gasteiger partial charge on any atom is -0.355 e. The fourth-order valence-corrected chi connectivity index (χ4v) is 2.83. The monoisotopic (exact) mass is 260 g/mol. The number of amidine groups is 1. The first-order valence-electron chi connectivity index (χ1n) is 7.25. The Morgan fingerprint density at radius 2 is 1.89 bits per heavy atom. The largest absolute Gasteiger partial charge is 0.355 e. The molecule has 0 aliphatic carbocycles. The predicted molar refractivity (Wildman–Crippen MR) is 78.5 cm³/mol. The second-order valence-corrected chi connectivity index (χ2v) is 5.24. The number of hydrogen-bond donors (Lipinski definition) is 2. The second kappa shape index (κ2) is 6.20. The van der Waals surface area contributed by atoms with Crippen molar-refractivity contribution in [3.8, 4) is 0 Å². The Hall–Kier alpha value is -1.35. The summed E-state index contributed by atoms with van der Waals surface area (Å²) in [5.74, 6) is 0.478. The molecule has 0 aromatic heterocycles. The molecule has 1 atom stereocenters. The highest BCUT2D eigenvalue weighted by Crippen LogP contribution is 2.36. The zero-order chi connectivity index (χ0) is 13.7. The highest BCUT2D eigenvalue weighted by atomic mass is 16.5. The molecule has 0 radical (unpaired) electrons. The molecule has 2 rings (SSSR count). The van der Waals surface area contributed by atoms with Crippen molar-refractivity contribution >= 4 is 5.84 Å². The molecule has 3 heteroatoms. The molecule has 104 valence electrons. The summed E-state index contributed by atoms with van der Waals surface area (Å²) < 4.78 is 5.75. The van der Waals surface area contributed by atoms with Gasteiger partial charge in [0.25, 0.3) is 0 Å². The number of nitrogens with one attached hydrogen (secondary N) is 2. The van der Waals surface area contributed by atoms with Crippen LogP contribution in [0.2, 0.25) is 0 Å². The SMILES string of the molecule is CCCCCCCC1(OC)NC(=N)c2ccccc21. The van der Waals surface area contributed by atoms with Gasteiger partial charge >= 0.3 is 0 Å². The fourth-order valence-electron chi connectivity index (χ4n) is 2.83. The average Bonchev–Trinajstić information content (AvgIpc) is 2.73. The Kier molecular flexibility index (Phi) is 4.59. The minimum atomic E-state index is -0.486. The number of fused-ring (bicyclic) bond motifs is 1. The smallest absolute Gasteiger partial charge is 0.166 e. The average molecular weight is 260 g/mol. The molecule has 1 aliphatic rings. The lowest BCUT2D eigenvalue weighted by Gasteiger charge is -2.29. The topological polar surface area (TPSA) is 45.1 Å². The van der Waals surface area contributed by atoms with E-state index in [1.807, 2.05) is 18.2 Å². The lowest BCUT2D eigenvalue weighted by atomic mass is 9.95. The standard InChI is InChI=1S/C16H24N2O/c1-3-4-5-6-9-12-16(19-2)14-11-8-7-10-13(14)15(17)18-16/h7-8,10-11H,3-6,9,12H2,1-2H3,(H2,17,18). The number of methoxy groups -OCH3 is 1. The van der Waals surface area contributed by atoms with Gasteiger partial charge in [0.1, 0.15) is 5.84 Å². The molecule has 1 aromatic rings. The number of ether oxygens (including phenoxy) is 1. The highest BCUT2D eigenvalue weighted by molar-refractivity contribution is 6.01. The van der Waals surface area contributed by atoms with Gasteiger partial charge in [-0.05, 0) is 12.8 Å². The van der Waals surface area contributed by atoms with Crippen LogP contribution in [-0.4, -0.2) is 12.9 Å². The van der Waals surface area contributed by atoms with E-state index in [9.17, 15) is 0 Å². The first-order valence-corrected chi connectivity index (χ1v) is 7.25. The molecular weight excluding hydrogens is 236 g/mol. The molecule has 0 saturated heterocycles. The van der Waals surface area contributed by atoms with Crippen LogP contribution in [0.25, 0.3) is 0 Å². The predicted octanol–water partition coefficient (Wildman–Crippen LogP) is 3.77. The minimum absolute atomic E-state index is 0.478. The van der Waals surface area contributed by atoms with E-state index >= 15 is 0 Å². The van der Waals surface area contributed by atoms with Crippen LogP contribution in [0.5, 0.6) is 0 Å². The summed E-state index contributed by atoms with van der Waals surface area (Å²) in [5.41, 5.74) is 1.59. The van der Waals surface area contributed by atoms with Crippen LogP contribution in [0, 0.1) is 5.41 Å². The Morgan fingerprint density at radius 3 is 2.63 bits per heavy atom. The molecule has 3 nitrogen and oxygen atoms in total. The van der Waals surface area contributed by atoms with Crippen molar-refractivity contribution in [2.75, 3.05) is 7.11 Å². The Morgan fingerprint density at radius 1 is 1.16 bits per heavy atom. The number of unbranched alkanes of at least 4 members (excludes halogenated alkanes) is 4. The van der Waals surface area contributed by atoms with Gasteiger partial charge in [0.05, 0.1) is 0 Å². The van der Waals surface area contributed by atoms with E-state index in [-0.39, 0.29) is 0 Å². The summed E-state index contributed by atoms with van der Waals surface area (Å²) in [6.45, 7) is 2.23. The van der Waals surface area contributed by atoms with Crippen LogP contribution in [-0.2, 0) is 10.5 Å². The molecule has 0 saturated carbocycles. The van der Waals surface area contributed by atoms with Gasteiger partial charge in [-0.3, -0.25) is 5.41 Å². The van der Waals surface area contributed by atoms with Crippen LogP contribution >= 0.6 is 0 Å². The van der Waals surface area contributed by atoms with Crippen molar-refractivity contribution < 1.29 is 4.74 Å². The van der Waals surface area contributed by atoms with Gasteiger partial charge in [-0.1, -0.05) is 56.9 Å². The molecule has 1 aliphatic heterocycles. The second-order valence-electron chi connectivity index (χ2n) is 5.24. The third kappa shape index (κ3) is 2.81. The summed E-state index contributed by atoms with van der Waals surface area (Å²) in [7, 11) is 1.73. The summed E-state index contributed by atoms with van der Waals surface area (Å²) in [5, 5.41) is 11.3. The lowest BCUT2D eigenvalue weighted by molar-refractivity contribution is -0.0332. The van der Waals surface area contributed by atoms with Crippen molar-refractivity contribution in [3.63, 3.8) is 0 Å². The molecular formula is C16H24N2O.